The van der Waals surface area contributed by atoms with Gasteiger partial charge in [-0.25, -0.2) is 0 Å². The molecule has 4 rings (SSSR count). The van der Waals surface area contributed by atoms with Crippen molar-refractivity contribution in [1.29, 1.82) is 0 Å². The number of amides is 2. The van der Waals surface area contributed by atoms with E-state index in [1.807, 2.05) is 0 Å². The zero-order valence-electron chi connectivity index (χ0n) is 16.0. The summed E-state index contributed by atoms with van der Waals surface area (Å²) in [6.07, 6.45) is 8.07. The standard InChI is InChI=1S/C19H29N5O2S/c1-13-5-2-3-6-15(13)20-17(26)14-8-11-23(12-9-14)18-21-22-19(27-18)24-10-4-7-16(24)25/h13-15H,2-12H2,1H3,(H,20,26). The third kappa shape index (κ3) is 4.10. The quantitative estimate of drug-likeness (QED) is 0.853. The van der Waals surface area contributed by atoms with E-state index in [0.717, 1.165) is 50.4 Å². The van der Waals surface area contributed by atoms with Crippen molar-refractivity contribution in [2.24, 2.45) is 11.8 Å². The summed E-state index contributed by atoms with van der Waals surface area (Å²) in [4.78, 5) is 28.5. The average Bonchev–Trinajstić information content (AvgIpc) is 3.32. The maximum absolute atomic E-state index is 12.7. The summed E-state index contributed by atoms with van der Waals surface area (Å²) in [5.41, 5.74) is 0. The van der Waals surface area contributed by atoms with Crippen molar-refractivity contribution in [1.82, 2.24) is 15.5 Å². The van der Waals surface area contributed by atoms with Gasteiger partial charge in [0.05, 0.1) is 0 Å². The second kappa shape index (κ2) is 8.12. The predicted octanol–water partition coefficient (Wildman–Crippen LogP) is 2.58. The fourth-order valence-electron chi connectivity index (χ4n) is 4.46. The number of aromatic nitrogens is 2. The molecule has 3 heterocycles. The summed E-state index contributed by atoms with van der Waals surface area (Å²) in [5.74, 6) is 1.07. The zero-order valence-corrected chi connectivity index (χ0v) is 16.8. The smallest absolute Gasteiger partial charge is 0.228 e. The molecule has 0 aromatic carbocycles. The van der Waals surface area contributed by atoms with Crippen molar-refractivity contribution < 1.29 is 9.59 Å². The van der Waals surface area contributed by atoms with Gasteiger partial charge in [-0.05, 0) is 38.0 Å². The molecule has 2 atom stereocenters. The SMILES string of the molecule is CC1CCCCC1NC(=O)C1CCN(c2nnc(N3CCCC3=O)s2)CC1. The lowest BCUT2D eigenvalue weighted by Crippen LogP contribution is -2.46. The second-order valence-electron chi connectivity index (χ2n) is 8.15. The molecule has 1 saturated carbocycles. The summed E-state index contributed by atoms with van der Waals surface area (Å²) in [6.45, 7) is 4.64. The summed E-state index contributed by atoms with van der Waals surface area (Å²) in [7, 11) is 0. The molecule has 3 fully saturated rings. The third-order valence-corrected chi connectivity index (χ3v) is 7.29. The molecule has 2 unspecified atom stereocenters. The molecule has 2 amide bonds. The van der Waals surface area contributed by atoms with E-state index >= 15 is 0 Å². The molecule has 0 radical (unpaired) electrons. The molecule has 7 nitrogen and oxygen atoms in total. The van der Waals surface area contributed by atoms with Gasteiger partial charge in [0.25, 0.3) is 0 Å². The molecule has 148 valence electrons. The van der Waals surface area contributed by atoms with E-state index in [-0.39, 0.29) is 17.7 Å². The van der Waals surface area contributed by atoms with Crippen LogP contribution >= 0.6 is 11.3 Å². The molecule has 1 aromatic rings. The minimum atomic E-state index is 0.0999. The molecule has 0 spiro atoms. The second-order valence-corrected chi connectivity index (χ2v) is 9.09. The Morgan fingerprint density at radius 3 is 2.48 bits per heavy atom. The van der Waals surface area contributed by atoms with Crippen LogP contribution in [0.3, 0.4) is 0 Å². The topological polar surface area (TPSA) is 78.4 Å². The normalized spacial score (nSPS) is 27.2. The number of anilines is 2. The van der Waals surface area contributed by atoms with Crippen LogP contribution in [-0.4, -0.2) is 47.7 Å². The molecular weight excluding hydrogens is 362 g/mol. The van der Waals surface area contributed by atoms with Crippen molar-refractivity contribution in [2.75, 3.05) is 29.4 Å². The van der Waals surface area contributed by atoms with Gasteiger partial charge in [0.15, 0.2) is 0 Å². The lowest BCUT2D eigenvalue weighted by Gasteiger charge is -2.34. The minimum Gasteiger partial charge on any atom is -0.353 e. The van der Waals surface area contributed by atoms with Crippen molar-refractivity contribution >= 4 is 33.4 Å². The minimum absolute atomic E-state index is 0.0999. The van der Waals surface area contributed by atoms with Gasteiger partial charge in [-0.1, -0.05) is 31.1 Å². The maximum atomic E-state index is 12.7. The molecule has 27 heavy (non-hydrogen) atoms. The van der Waals surface area contributed by atoms with Gasteiger partial charge in [0, 0.05) is 38.0 Å². The molecule has 1 aromatic heterocycles. The third-order valence-electron chi connectivity index (χ3n) is 6.28. The van der Waals surface area contributed by atoms with Crippen LogP contribution in [0.15, 0.2) is 0 Å². The molecule has 8 heteroatoms. The van der Waals surface area contributed by atoms with Gasteiger partial charge in [0.2, 0.25) is 22.1 Å². The number of carbonyl (C=O) groups is 2. The number of rotatable bonds is 4. The van der Waals surface area contributed by atoms with Gasteiger partial charge in [-0.2, -0.15) is 0 Å². The fraction of sp³-hybridized carbons (Fsp3) is 0.789. The highest BCUT2D eigenvalue weighted by Crippen LogP contribution is 2.32. The maximum Gasteiger partial charge on any atom is 0.228 e. The summed E-state index contributed by atoms with van der Waals surface area (Å²) >= 11 is 1.49. The zero-order chi connectivity index (χ0) is 18.8. The highest BCUT2D eigenvalue weighted by Gasteiger charge is 2.31. The van der Waals surface area contributed by atoms with Crippen molar-refractivity contribution in [3.05, 3.63) is 0 Å². The first kappa shape index (κ1) is 18.7. The molecule has 2 aliphatic heterocycles. The Bertz CT molecular complexity index is 685. The van der Waals surface area contributed by atoms with Crippen LogP contribution in [0, 0.1) is 11.8 Å². The molecule has 1 aliphatic carbocycles. The van der Waals surface area contributed by atoms with Crippen molar-refractivity contribution in [2.45, 2.75) is 64.3 Å². The fourth-order valence-corrected chi connectivity index (χ4v) is 5.40. The summed E-state index contributed by atoms with van der Waals surface area (Å²) in [6, 6.07) is 0.355. The van der Waals surface area contributed by atoms with E-state index in [4.69, 9.17) is 0 Å². The van der Waals surface area contributed by atoms with Gasteiger partial charge >= 0.3 is 0 Å². The van der Waals surface area contributed by atoms with E-state index in [1.165, 1.54) is 30.6 Å². The summed E-state index contributed by atoms with van der Waals surface area (Å²) < 4.78 is 0. The van der Waals surface area contributed by atoms with E-state index in [2.05, 4.69) is 27.3 Å². The Labute approximate surface area is 164 Å². The Morgan fingerprint density at radius 1 is 1.04 bits per heavy atom. The molecule has 0 bridgehead atoms. The first-order chi connectivity index (χ1) is 13.1. The van der Waals surface area contributed by atoms with E-state index in [1.54, 1.807) is 4.90 Å². The first-order valence-electron chi connectivity index (χ1n) is 10.3. The van der Waals surface area contributed by atoms with E-state index in [9.17, 15) is 9.59 Å². The van der Waals surface area contributed by atoms with Crippen molar-refractivity contribution in [3.8, 4) is 0 Å². The molecule has 2 saturated heterocycles. The lowest BCUT2D eigenvalue weighted by atomic mass is 9.85. The molecular formula is C19H29N5O2S. The van der Waals surface area contributed by atoms with Crippen LogP contribution in [0.2, 0.25) is 0 Å². The van der Waals surface area contributed by atoms with Gasteiger partial charge in [-0.15, -0.1) is 10.2 Å². The summed E-state index contributed by atoms with van der Waals surface area (Å²) in [5, 5.41) is 13.4. The largest absolute Gasteiger partial charge is 0.353 e. The lowest BCUT2D eigenvalue weighted by molar-refractivity contribution is -0.127. The number of nitrogens with zero attached hydrogens (tertiary/aromatic N) is 4. The predicted molar refractivity (Wildman–Crippen MR) is 106 cm³/mol. The van der Waals surface area contributed by atoms with Crippen LogP contribution in [0.4, 0.5) is 10.3 Å². The van der Waals surface area contributed by atoms with Gasteiger partial charge < -0.3 is 10.2 Å². The van der Waals surface area contributed by atoms with Gasteiger partial charge in [-0.3, -0.25) is 14.5 Å². The number of carbonyl (C=O) groups excluding carboxylic acids is 2. The Morgan fingerprint density at radius 2 is 1.78 bits per heavy atom. The average molecular weight is 392 g/mol. The van der Waals surface area contributed by atoms with Crippen LogP contribution in [0.1, 0.15) is 58.3 Å². The Hall–Kier alpha value is -1.70. The van der Waals surface area contributed by atoms with Crippen LogP contribution in [-0.2, 0) is 9.59 Å². The van der Waals surface area contributed by atoms with E-state index < -0.39 is 0 Å². The van der Waals surface area contributed by atoms with Gasteiger partial charge in [0.1, 0.15) is 0 Å². The molecule has 1 N–H and O–H groups in total. The number of hydrogen-bond donors (Lipinski definition) is 1. The Balaban J connectivity index is 1.29. The van der Waals surface area contributed by atoms with Crippen LogP contribution in [0.5, 0.6) is 0 Å². The van der Waals surface area contributed by atoms with E-state index in [0.29, 0.717) is 23.5 Å². The Kier molecular flexibility index (Phi) is 5.61. The van der Waals surface area contributed by atoms with Crippen LogP contribution in [0.25, 0.3) is 0 Å². The number of hydrogen-bond acceptors (Lipinski definition) is 6. The van der Waals surface area contributed by atoms with Crippen LogP contribution < -0.4 is 15.1 Å². The monoisotopic (exact) mass is 391 g/mol. The highest BCUT2D eigenvalue weighted by atomic mass is 32.1. The number of nitrogens with one attached hydrogen (secondary N) is 1. The highest BCUT2D eigenvalue weighted by molar-refractivity contribution is 7.19. The first-order valence-corrected chi connectivity index (χ1v) is 11.1. The van der Waals surface area contributed by atoms with Crippen molar-refractivity contribution in [3.63, 3.8) is 0 Å². The molecule has 3 aliphatic rings. The number of piperidine rings is 1.